The summed E-state index contributed by atoms with van der Waals surface area (Å²) in [6.07, 6.45) is 5.17. The molecule has 0 spiro atoms. The number of aromatic nitrogens is 2. The lowest BCUT2D eigenvalue weighted by molar-refractivity contribution is 0.0472. The van der Waals surface area contributed by atoms with Gasteiger partial charge in [0, 0.05) is 34.4 Å². The van der Waals surface area contributed by atoms with Gasteiger partial charge >= 0.3 is 5.97 Å². The molecule has 0 aliphatic carbocycles. The van der Waals surface area contributed by atoms with Gasteiger partial charge in [-0.3, -0.25) is 9.97 Å². The molecule has 0 aliphatic heterocycles. The van der Waals surface area contributed by atoms with Crippen LogP contribution < -0.4 is 5.32 Å². The highest BCUT2D eigenvalue weighted by Gasteiger charge is 2.10. The van der Waals surface area contributed by atoms with Gasteiger partial charge in [-0.15, -0.1) is 0 Å². The molecule has 3 aromatic rings. The number of rotatable bonds is 6. The standard InChI is InChI=1S/C20H20BrN3O2/c1-13(2)8-23-18-7-16-6-15(3-4-19(16)24-11-18)20(25)26-12-14-5-17(21)10-22-9-14/h3-7,9-11,13,23H,8,12H2,1-2H3. The molecule has 5 nitrogen and oxygen atoms in total. The Hall–Kier alpha value is -2.47. The second-order valence-electron chi connectivity index (χ2n) is 6.49. The summed E-state index contributed by atoms with van der Waals surface area (Å²) in [5, 5.41) is 4.25. The minimum atomic E-state index is -0.368. The smallest absolute Gasteiger partial charge is 0.338 e. The molecule has 2 aromatic heterocycles. The topological polar surface area (TPSA) is 64.1 Å². The zero-order valence-corrected chi connectivity index (χ0v) is 16.3. The van der Waals surface area contributed by atoms with Crippen LogP contribution in [0.5, 0.6) is 0 Å². The summed E-state index contributed by atoms with van der Waals surface area (Å²) >= 11 is 3.35. The van der Waals surface area contributed by atoms with Crippen molar-refractivity contribution in [3.8, 4) is 0 Å². The predicted octanol–water partition coefficient (Wildman–Crippen LogP) is 4.82. The maximum atomic E-state index is 12.4. The largest absolute Gasteiger partial charge is 0.457 e. The van der Waals surface area contributed by atoms with Gasteiger partial charge in [0.2, 0.25) is 0 Å². The lowest BCUT2D eigenvalue weighted by atomic mass is 10.1. The van der Waals surface area contributed by atoms with Crippen molar-refractivity contribution in [3.05, 3.63) is 64.5 Å². The highest BCUT2D eigenvalue weighted by molar-refractivity contribution is 9.10. The van der Waals surface area contributed by atoms with E-state index in [-0.39, 0.29) is 12.6 Å². The van der Waals surface area contributed by atoms with Crippen LogP contribution in [0.25, 0.3) is 10.9 Å². The van der Waals surface area contributed by atoms with Gasteiger partial charge in [-0.2, -0.15) is 0 Å². The summed E-state index contributed by atoms with van der Waals surface area (Å²) in [5.41, 5.74) is 3.11. The van der Waals surface area contributed by atoms with Crippen molar-refractivity contribution in [3.63, 3.8) is 0 Å². The third-order valence-corrected chi connectivity index (χ3v) is 4.20. The van der Waals surface area contributed by atoms with Gasteiger partial charge < -0.3 is 10.1 Å². The van der Waals surface area contributed by atoms with E-state index in [0.29, 0.717) is 11.5 Å². The number of carbonyl (C=O) groups excluding carboxylic acids is 1. The molecule has 6 heteroatoms. The van der Waals surface area contributed by atoms with Crippen LogP contribution >= 0.6 is 15.9 Å². The number of hydrogen-bond acceptors (Lipinski definition) is 5. The van der Waals surface area contributed by atoms with Gasteiger partial charge in [0.15, 0.2) is 0 Å². The molecule has 0 amide bonds. The van der Waals surface area contributed by atoms with Crippen molar-refractivity contribution >= 4 is 38.5 Å². The summed E-state index contributed by atoms with van der Waals surface area (Å²) < 4.78 is 6.24. The Kier molecular flexibility index (Phi) is 5.83. The van der Waals surface area contributed by atoms with Crippen LogP contribution in [0.15, 0.2) is 53.4 Å². The highest BCUT2D eigenvalue weighted by Crippen LogP contribution is 2.19. The van der Waals surface area contributed by atoms with Gasteiger partial charge in [-0.1, -0.05) is 13.8 Å². The molecule has 1 N–H and O–H groups in total. The average molecular weight is 414 g/mol. The minimum absolute atomic E-state index is 0.178. The quantitative estimate of drug-likeness (QED) is 0.586. The normalized spacial score (nSPS) is 10.9. The Morgan fingerprint density at radius 1 is 1.19 bits per heavy atom. The van der Waals surface area contributed by atoms with Crippen molar-refractivity contribution in [2.75, 3.05) is 11.9 Å². The van der Waals surface area contributed by atoms with E-state index < -0.39 is 0 Å². The molecule has 0 saturated carbocycles. The molecule has 134 valence electrons. The number of pyridine rings is 2. The van der Waals surface area contributed by atoms with E-state index in [1.807, 2.05) is 30.5 Å². The molecule has 0 atom stereocenters. The number of hydrogen-bond donors (Lipinski definition) is 1. The zero-order chi connectivity index (χ0) is 18.5. The van der Waals surface area contributed by atoms with E-state index in [2.05, 4.69) is 45.1 Å². The molecule has 26 heavy (non-hydrogen) atoms. The molecule has 0 aliphatic rings. The zero-order valence-electron chi connectivity index (χ0n) is 14.7. The summed E-state index contributed by atoms with van der Waals surface area (Å²) in [7, 11) is 0. The van der Waals surface area contributed by atoms with Crippen LogP contribution in [0.3, 0.4) is 0 Å². The minimum Gasteiger partial charge on any atom is -0.457 e. The SMILES string of the molecule is CC(C)CNc1cnc2ccc(C(=O)OCc3cncc(Br)c3)cc2c1. The first-order chi connectivity index (χ1) is 12.5. The maximum absolute atomic E-state index is 12.4. The van der Waals surface area contributed by atoms with E-state index in [4.69, 9.17) is 4.74 Å². The van der Waals surface area contributed by atoms with Crippen molar-refractivity contribution < 1.29 is 9.53 Å². The van der Waals surface area contributed by atoms with Crippen LogP contribution in [-0.2, 0) is 11.3 Å². The average Bonchev–Trinajstić information content (AvgIpc) is 2.63. The Morgan fingerprint density at radius 3 is 2.81 bits per heavy atom. The van der Waals surface area contributed by atoms with E-state index in [1.54, 1.807) is 18.5 Å². The number of nitrogens with one attached hydrogen (secondary N) is 1. The molecular weight excluding hydrogens is 394 g/mol. The number of nitrogens with zero attached hydrogens (tertiary/aromatic N) is 2. The molecule has 0 bridgehead atoms. The van der Waals surface area contributed by atoms with Gasteiger partial charge in [0.05, 0.1) is 23.0 Å². The molecule has 2 heterocycles. The summed E-state index contributed by atoms with van der Waals surface area (Å²) in [6, 6.07) is 9.25. The number of carbonyl (C=O) groups is 1. The Balaban J connectivity index is 1.73. The number of halogens is 1. The van der Waals surface area contributed by atoms with Crippen LogP contribution in [-0.4, -0.2) is 22.5 Å². The number of anilines is 1. The van der Waals surface area contributed by atoms with Gasteiger partial charge in [-0.05, 0) is 52.2 Å². The highest BCUT2D eigenvalue weighted by atomic mass is 79.9. The number of esters is 1. The van der Waals surface area contributed by atoms with Crippen molar-refractivity contribution in [2.45, 2.75) is 20.5 Å². The number of fused-ring (bicyclic) bond motifs is 1. The summed E-state index contributed by atoms with van der Waals surface area (Å²) in [5.74, 6) is 0.173. The molecule has 1 aromatic carbocycles. The Bertz CT molecular complexity index is 928. The first-order valence-electron chi connectivity index (χ1n) is 8.41. The van der Waals surface area contributed by atoms with Crippen LogP contribution in [0.2, 0.25) is 0 Å². The van der Waals surface area contributed by atoms with Crippen LogP contribution in [0.4, 0.5) is 5.69 Å². The van der Waals surface area contributed by atoms with Gasteiger partial charge in [0.1, 0.15) is 6.61 Å². The monoisotopic (exact) mass is 413 g/mol. The van der Waals surface area contributed by atoms with Gasteiger partial charge in [-0.25, -0.2) is 4.79 Å². The Morgan fingerprint density at radius 2 is 2.04 bits per heavy atom. The van der Waals surface area contributed by atoms with Gasteiger partial charge in [0.25, 0.3) is 0 Å². The molecule has 0 unspecified atom stereocenters. The summed E-state index contributed by atoms with van der Waals surface area (Å²) in [4.78, 5) is 20.9. The van der Waals surface area contributed by atoms with E-state index in [1.165, 1.54) is 0 Å². The second-order valence-corrected chi connectivity index (χ2v) is 7.41. The van der Waals surface area contributed by atoms with E-state index >= 15 is 0 Å². The van der Waals surface area contributed by atoms with Crippen molar-refractivity contribution in [2.24, 2.45) is 5.92 Å². The fourth-order valence-corrected chi connectivity index (χ4v) is 2.86. The molecule has 0 radical (unpaired) electrons. The molecule has 0 fully saturated rings. The third-order valence-electron chi connectivity index (χ3n) is 3.76. The molecular formula is C20H20BrN3O2. The number of ether oxygens (including phenoxy) is 1. The lowest BCUT2D eigenvalue weighted by Crippen LogP contribution is -2.08. The molecule has 0 saturated heterocycles. The van der Waals surface area contributed by atoms with Crippen molar-refractivity contribution in [1.29, 1.82) is 0 Å². The lowest BCUT2D eigenvalue weighted by Gasteiger charge is -2.10. The van der Waals surface area contributed by atoms with Crippen molar-refractivity contribution in [1.82, 2.24) is 9.97 Å². The predicted molar refractivity (Wildman–Crippen MR) is 106 cm³/mol. The number of benzene rings is 1. The van der Waals surface area contributed by atoms with E-state index in [0.717, 1.165) is 33.2 Å². The fourth-order valence-electron chi connectivity index (χ4n) is 2.44. The van der Waals surface area contributed by atoms with Crippen LogP contribution in [0, 0.1) is 5.92 Å². The maximum Gasteiger partial charge on any atom is 0.338 e. The second kappa shape index (κ2) is 8.27. The Labute approximate surface area is 160 Å². The first kappa shape index (κ1) is 18.3. The molecule has 3 rings (SSSR count). The third kappa shape index (κ3) is 4.79. The fraction of sp³-hybridized carbons (Fsp3) is 0.250. The first-order valence-corrected chi connectivity index (χ1v) is 9.21. The van der Waals surface area contributed by atoms with E-state index in [9.17, 15) is 4.79 Å². The van der Waals surface area contributed by atoms with Crippen LogP contribution in [0.1, 0.15) is 29.8 Å². The summed E-state index contributed by atoms with van der Waals surface area (Å²) in [6.45, 7) is 5.35.